The second kappa shape index (κ2) is 11.1. The molecule has 2 aliphatic carbocycles. The highest BCUT2D eigenvalue weighted by atomic mass is 16.5. The average molecular weight is 434 g/mol. The van der Waals surface area contributed by atoms with Gasteiger partial charge in [0, 0.05) is 24.7 Å². The Balaban J connectivity index is 2.35. The van der Waals surface area contributed by atoms with Crippen LogP contribution in [-0.4, -0.2) is 56.8 Å². The summed E-state index contributed by atoms with van der Waals surface area (Å²) < 4.78 is 75.0. The Morgan fingerprint density at radius 2 is 2.17 bits per heavy atom. The van der Waals surface area contributed by atoms with Gasteiger partial charge in [0.15, 0.2) is 0 Å². The van der Waals surface area contributed by atoms with Gasteiger partial charge < -0.3 is 25.2 Å². The van der Waals surface area contributed by atoms with Crippen molar-refractivity contribution in [1.82, 2.24) is 0 Å². The van der Waals surface area contributed by atoms with E-state index in [0.29, 0.717) is 5.57 Å². The summed E-state index contributed by atoms with van der Waals surface area (Å²) in [6, 6.07) is 0. The summed E-state index contributed by atoms with van der Waals surface area (Å²) in [5, 5.41) is 39.6. The van der Waals surface area contributed by atoms with Gasteiger partial charge in [0.1, 0.15) is 6.10 Å². The Morgan fingerprint density at radius 3 is 2.83 bits per heavy atom. The topological polar surface area (TPSA) is 124 Å². The second-order valence-electron chi connectivity index (χ2n) is 8.01. The summed E-state index contributed by atoms with van der Waals surface area (Å²) in [6.45, 7) is -5.61. The van der Waals surface area contributed by atoms with Crippen molar-refractivity contribution in [3.8, 4) is 0 Å². The number of rotatable bonds is 10. The standard InChI is InChI=1S/C23H36O7/c1-4-13(2)23(29)30-20-7-5-6-15-10-19(26)14(3)18(22(15)20)9-8-16(24)11-17(25)12-21(27)28/h5-6,10,13-14,16-20,22,24-26H,4,7-9,11-12H2,1-3H3,(H,27,28)/t13?,14-,16+,17+,18+,19-,20+,22+/m1/s1/i1D3,2D3,4D2,13D. The number of allylic oxidation sites excluding steroid dienone is 1. The van der Waals surface area contributed by atoms with Gasteiger partial charge in [-0.15, -0.1) is 0 Å². The van der Waals surface area contributed by atoms with Crippen LogP contribution in [0.15, 0.2) is 23.8 Å². The molecular weight excluding hydrogens is 388 g/mol. The zero-order chi connectivity index (χ0) is 30.1. The fraction of sp³-hybridized carbons (Fsp3) is 0.739. The third kappa shape index (κ3) is 6.40. The normalized spacial score (nSPS) is 38.1. The van der Waals surface area contributed by atoms with Gasteiger partial charge in [-0.25, -0.2) is 0 Å². The molecule has 8 atom stereocenters. The number of aliphatic hydroxyl groups excluding tert-OH is 3. The molecule has 1 unspecified atom stereocenters. The summed E-state index contributed by atoms with van der Waals surface area (Å²) in [6.07, 6.45) is -3.76. The Morgan fingerprint density at radius 1 is 1.40 bits per heavy atom. The number of hydrogen-bond acceptors (Lipinski definition) is 6. The molecule has 7 nitrogen and oxygen atoms in total. The van der Waals surface area contributed by atoms with E-state index in [1.807, 2.05) is 0 Å². The second-order valence-corrected chi connectivity index (χ2v) is 8.01. The highest BCUT2D eigenvalue weighted by molar-refractivity contribution is 5.72. The molecule has 0 aromatic heterocycles. The van der Waals surface area contributed by atoms with Gasteiger partial charge in [0.2, 0.25) is 0 Å². The fourth-order valence-electron chi connectivity index (χ4n) is 4.34. The first-order valence-corrected chi connectivity index (χ1v) is 10.0. The van der Waals surface area contributed by atoms with Gasteiger partial charge in [0.05, 0.1) is 30.6 Å². The zero-order valence-electron chi connectivity index (χ0n) is 25.8. The maximum Gasteiger partial charge on any atom is 0.308 e. The summed E-state index contributed by atoms with van der Waals surface area (Å²) in [5.41, 5.74) is 0.540. The van der Waals surface area contributed by atoms with Crippen molar-refractivity contribution in [1.29, 1.82) is 0 Å². The van der Waals surface area contributed by atoms with E-state index in [1.165, 1.54) is 6.08 Å². The number of fused-ring (bicyclic) bond motifs is 1. The molecule has 170 valence electrons. The van der Waals surface area contributed by atoms with Gasteiger partial charge in [-0.05, 0) is 43.0 Å². The average Bonchev–Trinajstić information content (AvgIpc) is 2.76. The minimum atomic E-state index is -3.79. The summed E-state index contributed by atoms with van der Waals surface area (Å²) >= 11 is 0. The van der Waals surface area contributed by atoms with Crippen LogP contribution in [0.3, 0.4) is 0 Å². The number of aliphatic carboxylic acids is 1. The van der Waals surface area contributed by atoms with Crippen molar-refractivity contribution in [2.75, 3.05) is 0 Å². The molecule has 2 aliphatic rings. The molecule has 0 amide bonds. The number of carboxylic acids is 1. The lowest BCUT2D eigenvalue weighted by molar-refractivity contribution is -0.157. The number of esters is 1. The highest BCUT2D eigenvalue weighted by Crippen LogP contribution is 2.44. The minimum absolute atomic E-state index is 0.0424. The quantitative estimate of drug-likeness (QED) is 0.390. The smallest absolute Gasteiger partial charge is 0.308 e. The third-order valence-corrected chi connectivity index (χ3v) is 5.88. The molecule has 4 N–H and O–H groups in total. The first kappa shape index (κ1) is 14.4. The highest BCUT2D eigenvalue weighted by Gasteiger charge is 2.43. The predicted molar refractivity (Wildman–Crippen MR) is 111 cm³/mol. The molecule has 0 aliphatic heterocycles. The summed E-state index contributed by atoms with van der Waals surface area (Å²) in [5.74, 6) is -8.42. The molecule has 0 fully saturated rings. The molecular formula is C23H36O7. The maximum absolute atomic E-state index is 13.2. The van der Waals surface area contributed by atoms with Crippen molar-refractivity contribution < 1.29 is 47.1 Å². The van der Waals surface area contributed by atoms with Crippen LogP contribution < -0.4 is 0 Å². The van der Waals surface area contributed by atoms with Gasteiger partial charge in [0.25, 0.3) is 0 Å². The molecule has 0 aromatic rings. The largest absolute Gasteiger partial charge is 0.481 e. The number of hydrogen-bond donors (Lipinski definition) is 4. The van der Waals surface area contributed by atoms with Crippen LogP contribution in [0.1, 0.15) is 71.4 Å². The van der Waals surface area contributed by atoms with Crippen LogP contribution in [0.4, 0.5) is 0 Å². The Bertz CT molecular complexity index is 963. The molecule has 0 bridgehead atoms. The maximum atomic E-state index is 13.2. The molecule has 0 radical (unpaired) electrons. The van der Waals surface area contributed by atoms with Crippen LogP contribution >= 0.6 is 0 Å². The summed E-state index contributed by atoms with van der Waals surface area (Å²) in [7, 11) is 0. The molecule has 0 saturated heterocycles. The molecule has 0 heterocycles. The van der Waals surface area contributed by atoms with E-state index < -0.39 is 86.5 Å². The number of carbonyl (C=O) groups is 2. The Kier molecular flexibility index (Phi) is 5.31. The lowest BCUT2D eigenvalue weighted by Crippen LogP contribution is -2.44. The van der Waals surface area contributed by atoms with Gasteiger partial charge in [-0.2, -0.15) is 0 Å². The Hall–Kier alpha value is -1.70. The molecule has 0 spiro atoms. The van der Waals surface area contributed by atoms with E-state index in [2.05, 4.69) is 0 Å². The molecule has 0 aromatic carbocycles. The predicted octanol–water partition coefficient (Wildman–Crippen LogP) is 2.44. The monoisotopic (exact) mass is 433 g/mol. The first-order chi connectivity index (χ1) is 17.6. The van der Waals surface area contributed by atoms with Crippen molar-refractivity contribution in [3.63, 3.8) is 0 Å². The lowest BCUT2D eigenvalue weighted by Gasteiger charge is -2.44. The van der Waals surface area contributed by atoms with Gasteiger partial charge in [-0.3, -0.25) is 9.59 Å². The number of ether oxygens (including phenoxy) is 1. The van der Waals surface area contributed by atoms with Crippen molar-refractivity contribution in [2.45, 2.75) is 83.5 Å². The third-order valence-electron chi connectivity index (χ3n) is 5.88. The Labute approximate surface area is 191 Å². The minimum Gasteiger partial charge on any atom is -0.481 e. The zero-order valence-corrected chi connectivity index (χ0v) is 16.8. The van der Waals surface area contributed by atoms with E-state index >= 15 is 0 Å². The fourth-order valence-corrected chi connectivity index (χ4v) is 4.34. The molecule has 7 heteroatoms. The molecule has 0 saturated carbocycles. The SMILES string of the molecule is [2H]C([2H])([2H])C([2H])([2H])C([2H])(C(=O)O[C@H]1CC=CC2=C[C@@H](O)[C@H](C)[C@H](CC[C@H](O)C[C@H](O)CC(=O)O)[C@H]21)C([2H])([2H])[2H]. The van der Waals surface area contributed by atoms with Crippen molar-refractivity contribution in [3.05, 3.63) is 23.8 Å². The number of carbonyl (C=O) groups excluding carboxylic acids is 1. The van der Waals surface area contributed by atoms with Gasteiger partial charge in [-0.1, -0.05) is 38.9 Å². The molecule has 2 rings (SSSR count). The number of aliphatic hydroxyl groups is 3. The van der Waals surface area contributed by atoms with Crippen molar-refractivity contribution >= 4 is 11.9 Å². The van der Waals surface area contributed by atoms with Crippen LogP contribution in [-0.2, 0) is 14.3 Å². The van der Waals surface area contributed by atoms with E-state index in [4.69, 9.17) is 22.2 Å². The van der Waals surface area contributed by atoms with Crippen LogP contribution in [0, 0.1) is 23.6 Å². The van der Waals surface area contributed by atoms with Crippen molar-refractivity contribution in [2.24, 2.45) is 23.6 Å². The van der Waals surface area contributed by atoms with Crippen LogP contribution in [0.25, 0.3) is 0 Å². The summed E-state index contributed by atoms with van der Waals surface area (Å²) in [4.78, 5) is 24.0. The molecule has 30 heavy (non-hydrogen) atoms. The van der Waals surface area contributed by atoms with Crippen LogP contribution in [0.5, 0.6) is 0 Å². The van der Waals surface area contributed by atoms with E-state index in [0.717, 1.165) is 0 Å². The number of carboxylic acid groups (broad SMARTS) is 1. The first-order valence-electron chi connectivity index (χ1n) is 14.5. The van der Waals surface area contributed by atoms with E-state index in [-0.39, 0.29) is 25.7 Å². The van der Waals surface area contributed by atoms with E-state index in [1.54, 1.807) is 19.1 Å². The lowest BCUT2D eigenvalue weighted by atomic mass is 9.65. The van der Waals surface area contributed by atoms with E-state index in [9.17, 15) is 24.9 Å². The van der Waals surface area contributed by atoms with Crippen LogP contribution in [0.2, 0.25) is 0 Å². The van der Waals surface area contributed by atoms with Gasteiger partial charge >= 0.3 is 11.9 Å².